The Morgan fingerprint density at radius 3 is 2.20 bits per heavy atom. The van der Waals surface area contributed by atoms with Gasteiger partial charge in [-0.05, 0) is 43.3 Å². The van der Waals surface area contributed by atoms with Crippen molar-refractivity contribution in [2.24, 2.45) is 0 Å². The van der Waals surface area contributed by atoms with E-state index in [9.17, 15) is 8.42 Å². The second-order valence-corrected chi connectivity index (χ2v) is 8.05. The molecule has 0 N–H and O–H groups in total. The highest BCUT2D eigenvalue weighted by molar-refractivity contribution is 7.89. The molecule has 0 saturated carbocycles. The SMILES string of the molecule is CCS(=O)(=O)N1CCN(c2ccc(-c3ccc(OC)cc3)nn2)CC1. The van der Waals surface area contributed by atoms with Crippen LogP contribution in [0.1, 0.15) is 6.92 Å². The first-order valence-corrected chi connectivity index (χ1v) is 9.85. The lowest BCUT2D eigenvalue weighted by Crippen LogP contribution is -2.49. The van der Waals surface area contributed by atoms with Crippen molar-refractivity contribution in [1.82, 2.24) is 14.5 Å². The van der Waals surface area contributed by atoms with Gasteiger partial charge in [0.1, 0.15) is 5.75 Å². The summed E-state index contributed by atoms with van der Waals surface area (Å²) in [5.41, 5.74) is 1.76. The Morgan fingerprint density at radius 1 is 1.00 bits per heavy atom. The Labute approximate surface area is 148 Å². The van der Waals surface area contributed by atoms with Crippen molar-refractivity contribution in [3.63, 3.8) is 0 Å². The minimum absolute atomic E-state index is 0.142. The number of hydrogen-bond acceptors (Lipinski definition) is 6. The Bertz CT molecular complexity index is 799. The van der Waals surface area contributed by atoms with Gasteiger partial charge < -0.3 is 9.64 Å². The average Bonchev–Trinajstić information content (AvgIpc) is 2.68. The molecule has 1 fully saturated rings. The summed E-state index contributed by atoms with van der Waals surface area (Å²) in [5.74, 6) is 1.71. The third kappa shape index (κ3) is 3.91. The molecule has 1 aliphatic rings. The predicted molar refractivity (Wildman–Crippen MR) is 97.3 cm³/mol. The molecule has 8 heteroatoms. The summed E-state index contributed by atoms with van der Waals surface area (Å²) < 4.78 is 30.5. The van der Waals surface area contributed by atoms with Crippen molar-refractivity contribution in [1.29, 1.82) is 0 Å². The zero-order valence-corrected chi connectivity index (χ0v) is 15.2. The van der Waals surface area contributed by atoms with Gasteiger partial charge >= 0.3 is 0 Å². The molecule has 0 unspecified atom stereocenters. The normalized spacial score (nSPS) is 16.0. The van der Waals surface area contributed by atoms with E-state index >= 15 is 0 Å². The number of ether oxygens (including phenoxy) is 1. The lowest BCUT2D eigenvalue weighted by Gasteiger charge is -2.34. The summed E-state index contributed by atoms with van der Waals surface area (Å²) in [6, 6.07) is 11.5. The first-order valence-electron chi connectivity index (χ1n) is 8.24. The van der Waals surface area contributed by atoms with Crippen LogP contribution in [0.5, 0.6) is 5.75 Å². The lowest BCUT2D eigenvalue weighted by atomic mass is 10.1. The van der Waals surface area contributed by atoms with Crippen LogP contribution in [-0.2, 0) is 10.0 Å². The fraction of sp³-hybridized carbons (Fsp3) is 0.412. The highest BCUT2D eigenvalue weighted by Crippen LogP contribution is 2.22. The Balaban J connectivity index is 1.67. The molecule has 2 heterocycles. The van der Waals surface area contributed by atoms with Gasteiger partial charge in [0.25, 0.3) is 0 Å². The molecule has 25 heavy (non-hydrogen) atoms. The molecular formula is C17H22N4O3S. The zero-order chi connectivity index (χ0) is 17.9. The number of piperazine rings is 1. The van der Waals surface area contributed by atoms with Crippen molar-refractivity contribution >= 4 is 15.8 Å². The number of sulfonamides is 1. The number of anilines is 1. The topological polar surface area (TPSA) is 75.6 Å². The monoisotopic (exact) mass is 362 g/mol. The van der Waals surface area contributed by atoms with Gasteiger partial charge in [0.05, 0.1) is 18.6 Å². The number of hydrogen-bond donors (Lipinski definition) is 0. The predicted octanol–water partition coefficient (Wildman–Crippen LogP) is 1.62. The van der Waals surface area contributed by atoms with Crippen LogP contribution < -0.4 is 9.64 Å². The van der Waals surface area contributed by atoms with E-state index in [0.717, 1.165) is 22.8 Å². The molecule has 3 rings (SSSR count). The number of nitrogens with zero attached hydrogens (tertiary/aromatic N) is 4. The first-order chi connectivity index (χ1) is 12.0. The largest absolute Gasteiger partial charge is 0.497 e. The molecule has 1 aromatic heterocycles. The van der Waals surface area contributed by atoms with Gasteiger partial charge in [-0.25, -0.2) is 8.42 Å². The van der Waals surface area contributed by atoms with Crippen molar-refractivity contribution in [2.75, 3.05) is 43.9 Å². The van der Waals surface area contributed by atoms with E-state index in [2.05, 4.69) is 15.1 Å². The molecule has 0 radical (unpaired) electrons. The van der Waals surface area contributed by atoms with Crippen LogP contribution in [0.15, 0.2) is 36.4 Å². The molecule has 0 amide bonds. The third-order valence-electron chi connectivity index (χ3n) is 4.36. The molecule has 1 aliphatic heterocycles. The van der Waals surface area contributed by atoms with Gasteiger partial charge in [-0.1, -0.05) is 0 Å². The van der Waals surface area contributed by atoms with Crippen molar-refractivity contribution in [3.8, 4) is 17.0 Å². The van der Waals surface area contributed by atoms with Crippen LogP contribution in [0, 0.1) is 0 Å². The summed E-state index contributed by atoms with van der Waals surface area (Å²) in [5, 5.41) is 8.60. The fourth-order valence-corrected chi connectivity index (χ4v) is 3.87. The average molecular weight is 362 g/mol. The third-order valence-corrected chi connectivity index (χ3v) is 6.24. The number of methoxy groups -OCH3 is 1. The summed E-state index contributed by atoms with van der Waals surface area (Å²) in [6.07, 6.45) is 0. The maximum atomic E-state index is 11.9. The van der Waals surface area contributed by atoms with E-state index in [1.165, 1.54) is 0 Å². The summed E-state index contributed by atoms with van der Waals surface area (Å²) >= 11 is 0. The highest BCUT2D eigenvalue weighted by Gasteiger charge is 2.26. The fourth-order valence-electron chi connectivity index (χ4n) is 2.79. The maximum absolute atomic E-state index is 11.9. The number of aromatic nitrogens is 2. The molecule has 0 bridgehead atoms. The Hall–Kier alpha value is -2.19. The van der Waals surface area contributed by atoms with Crippen LogP contribution in [0.3, 0.4) is 0 Å². The quantitative estimate of drug-likeness (QED) is 0.805. The van der Waals surface area contributed by atoms with E-state index in [1.807, 2.05) is 36.4 Å². The Kier molecular flexibility index (Phi) is 5.19. The highest BCUT2D eigenvalue weighted by atomic mass is 32.2. The standard InChI is InChI=1S/C17H22N4O3S/c1-3-25(22,23)21-12-10-20(11-13-21)17-9-8-16(18-19-17)14-4-6-15(24-2)7-5-14/h4-9H,3,10-13H2,1-2H3. The zero-order valence-electron chi connectivity index (χ0n) is 14.4. The molecule has 1 saturated heterocycles. The summed E-state index contributed by atoms with van der Waals surface area (Å²) in [4.78, 5) is 2.06. The van der Waals surface area contributed by atoms with Gasteiger partial charge in [-0.3, -0.25) is 0 Å². The van der Waals surface area contributed by atoms with E-state index < -0.39 is 10.0 Å². The number of rotatable bonds is 5. The van der Waals surface area contributed by atoms with E-state index in [-0.39, 0.29) is 5.75 Å². The Morgan fingerprint density at radius 2 is 1.68 bits per heavy atom. The molecule has 0 spiro atoms. The van der Waals surface area contributed by atoms with Gasteiger partial charge in [-0.2, -0.15) is 4.31 Å². The molecule has 134 valence electrons. The maximum Gasteiger partial charge on any atom is 0.213 e. The molecule has 2 aromatic rings. The van der Waals surface area contributed by atoms with Gasteiger partial charge in [0.15, 0.2) is 5.82 Å². The van der Waals surface area contributed by atoms with Crippen LogP contribution in [0.4, 0.5) is 5.82 Å². The number of benzene rings is 1. The van der Waals surface area contributed by atoms with Crippen LogP contribution in [0.2, 0.25) is 0 Å². The van der Waals surface area contributed by atoms with Gasteiger partial charge in [0, 0.05) is 31.7 Å². The van der Waals surface area contributed by atoms with Crippen molar-refractivity contribution in [3.05, 3.63) is 36.4 Å². The lowest BCUT2D eigenvalue weighted by molar-refractivity contribution is 0.384. The summed E-state index contributed by atoms with van der Waals surface area (Å²) in [7, 11) is -1.48. The minimum Gasteiger partial charge on any atom is -0.497 e. The van der Waals surface area contributed by atoms with Crippen molar-refractivity contribution < 1.29 is 13.2 Å². The van der Waals surface area contributed by atoms with E-state index in [1.54, 1.807) is 18.3 Å². The summed E-state index contributed by atoms with van der Waals surface area (Å²) in [6.45, 7) is 3.88. The second kappa shape index (κ2) is 7.37. The van der Waals surface area contributed by atoms with Crippen LogP contribution in [0.25, 0.3) is 11.3 Å². The van der Waals surface area contributed by atoms with Gasteiger partial charge in [-0.15, -0.1) is 10.2 Å². The van der Waals surface area contributed by atoms with Gasteiger partial charge in [0.2, 0.25) is 10.0 Å². The molecular weight excluding hydrogens is 340 g/mol. The van der Waals surface area contributed by atoms with E-state index in [0.29, 0.717) is 26.2 Å². The smallest absolute Gasteiger partial charge is 0.213 e. The first kappa shape index (κ1) is 17.6. The molecule has 0 atom stereocenters. The van der Waals surface area contributed by atoms with E-state index in [4.69, 9.17) is 4.74 Å². The second-order valence-electron chi connectivity index (χ2n) is 5.79. The van der Waals surface area contributed by atoms with Crippen molar-refractivity contribution in [2.45, 2.75) is 6.92 Å². The van der Waals surface area contributed by atoms with Crippen LogP contribution in [-0.4, -0.2) is 62.0 Å². The molecule has 0 aliphatic carbocycles. The van der Waals surface area contributed by atoms with Crippen LogP contribution >= 0.6 is 0 Å². The minimum atomic E-state index is -3.11. The molecule has 1 aromatic carbocycles. The molecule has 7 nitrogen and oxygen atoms in total.